The molecule has 2 aliphatic rings. The number of anilines is 1. The Morgan fingerprint density at radius 2 is 2.00 bits per heavy atom. The molecule has 1 atom stereocenters. The molecule has 3 rings (SSSR count). The van der Waals surface area contributed by atoms with Crippen molar-refractivity contribution in [2.45, 2.75) is 43.7 Å². The van der Waals surface area contributed by atoms with E-state index >= 15 is 0 Å². The number of benzene rings is 1. The van der Waals surface area contributed by atoms with E-state index < -0.39 is 0 Å². The fraction of sp³-hybridized carbons (Fsp3) is 0.588. The highest BCUT2D eigenvalue weighted by Crippen LogP contribution is 2.38. The van der Waals surface area contributed by atoms with Crippen molar-refractivity contribution in [2.24, 2.45) is 0 Å². The molecule has 1 amide bonds. The van der Waals surface area contributed by atoms with E-state index in [2.05, 4.69) is 10.6 Å². The number of piperidine rings is 1. The van der Waals surface area contributed by atoms with Gasteiger partial charge in [0.25, 0.3) is 5.91 Å². The molecule has 1 heterocycles. The molecule has 21 heavy (non-hydrogen) atoms. The minimum Gasteiger partial charge on any atom is -0.378 e. The van der Waals surface area contributed by atoms with E-state index in [1.165, 1.54) is 19.3 Å². The molecule has 1 aliphatic heterocycles. The van der Waals surface area contributed by atoms with Gasteiger partial charge in [0.15, 0.2) is 0 Å². The van der Waals surface area contributed by atoms with Gasteiger partial charge in [0.2, 0.25) is 0 Å². The van der Waals surface area contributed by atoms with Gasteiger partial charge in [0.05, 0.1) is 0 Å². The molecule has 2 fully saturated rings. The smallest absolute Gasteiger partial charge is 0.251 e. The average molecular weight is 287 g/mol. The quantitative estimate of drug-likeness (QED) is 0.895. The molecule has 0 aromatic heterocycles. The predicted molar refractivity (Wildman–Crippen MR) is 85.8 cm³/mol. The summed E-state index contributed by atoms with van der Waals surface area (Å²) in [5.41, 5.74) is 2.19. The molecular formula is C17H25N3O. The molecule has 1 spiro atoms. The summed E-state index contributed by atoms with van der Waals surface area (Å²) in [6.45, 7) is 1.02. The molecular weight excluding hydrogens is 262 g/mol. The van der Waals surface area contributed by atoms with Crippen molar-refractivity contribution in [3.63, 3.8) is 0 Å². The second kappa shape index (κ2) is 5.68. The van der Waals surface area contributed by atoms with Gasteiger partial charge in [0, 0.05) is 36.9 Å². The van der Waals surface area contributed by atoms with Crippen molar-refractivity contribution in [2.75, 3.05) is 25.5 Å². The van der Waals surface area contributed by atoms with Crippen LogP contribution in [0.5, 0.6) is 0 Å². The van der Waals surface area contributed by atoms with Crippen molar-refractivity contribution < 1.29 is 4.79 Å². The Morgan fingerprint density at radius 1 is 1.29 bits per heavy atom. The van der Waals surface area contributed by atoms with E-state index in [4.69, 9.17) is 0 Å². The molecule has 1 saturated carbocycles. The summed E-state index contributed by atoms with van der Waals surface area (Å²) < 4.78 is 0. The first-order chi connectivity index (χ1) is 10.1. The molecule has 0 radical (unpaired) electrons. The van der Waals surface area contributed by atoms with Crippen LogP contribution in [0, 0.1) is 0 Å². The number of amides is 1. The molecule has 4 heteroatoms. The lowest BCUT2D eigenvalue weighted by molar-refractivity contribution is 0.0853. The van der Waals surface area contributed by atoms with Crippen molar-refractivity contribution >= 4 is 11.6 Å². The van der Waals surface area contributed by atoms with Crippen LogP contribution < -0.4 is 15.5 Å². The summed E-state index contributed by atoms with van der Waals surface area (Å²) in [6, 6.07) is 8.11. The Labute approximate surface area is 126 Å². The summed E-state index contributed by atoms with van der Waals surface area (Å²) in [6.07, 6.45) is 5.95. The lowest BCUT2D eigenvalue weighted by atomic mass is 9.70. The SMILES string of the molecule is CN(C)c1ccc(C(=O)NC2CCNC3(CCC3)C2)cc1. The molecule has 1 aromatic carbocycles. The van der Waals surface area contributed by atoms with E-state index in [-0.39, 0.29) is 5.91 Å². The first-order valence-corrected chi connectivity index (χ1v) is 7.91. The third-order valence-electron chi connectivity index (χ3n) is 4.92. The lowest BCUT2D eigenvalue weighted by Crippen LogP contribution is -2.59. The zero-order valence-corrected chi connectivity index (χ0v) is 13.0. The first kappa shape index (κ1) is 14.4. The Kier molecular flexibility index (Phi) is 3.89. The van der Waals surface area contributed by atoms with Crippen LogP contribution in [0.4, 0.5) is 5.69 Å². The Bertz CT molecular complexity index is 505. The van der Waals surface area contributed by atoms with Gasteiger partial charge < -0.3 is 15.5 Å². The number of nitrogens with one attached hydrogen (secondary N) is 2. The van der Waals surface area contributed by atoms with Crippen LogP contribution in [0.1, 0.15) is 42.5 Å². The number of hydrogen-bond acceptors (Lipinski definition) is 3. The zero-order chi connectivity index (χ0) is 14.9. The number of carbonyl (C=O) groups excluding carboxylic acids is 1. The summed E-state index contributed by atoms with van der Waals surface area (Å²) in [5.74, 6) is 0.0571. The third kappa shape index (κ3) is 3.05. The van der Waals surface area contributed by atoms with Crippen LogP contribution in [0.15, 0.2) is 24.3 Å². The van der Waals surface area contributed by atoms with Gasteiger partial charge in [-0.25, -0.2) is 0 Å². The van der Waals surface area contributed by atoms with E-state index in [1.54, 1.807) is 0 Å². The summed E-state index contributed by atoms with van der Waals surface area (Å²) in [4.78, 5) is 14.4. The minimum atomic E-state index is 0.0571. The molecule has 1 unspecified atom stereocenters. The standard InChI is InChI=1S/C17H25N3O/c1-20(2)15-6-4-13(5-7-15)16(21)19-14-8-11-18-17(12-14)9-3-10-17/h4-7,14,18H,3,8-12H2,1-2H3,(H,19,21). The maximum Gasteiger partial charge on any atom is 0.251 e. The number of carbonyl (C=O) groups is 1. The minimum absolute atomic E-state index is 0.0571. The van der Waals surface area contributed by atoms with Crippen molar-refractivity contribution in [1.82, 2.24) is 10.6 Å². The topological polar surface area (TPSA) is 44.4 Å². The van der Waals surface area contributed by atoms with Gasteiger partial charge in [-0.3, -0.25) is 4.79 Å². The summed E-state index contributed by atoms with van der Waals surface area (Å²) in [7, 11) is 4.00. The summed E-state index contributed by atoms with van der Waals surface area (Å²) in [5, 5.41) is 6.85. The van der Waals surface area contributed by atoms with Crippen LogP contribution in [0.25, 0.3) is 0 Å². The van der Waals surface area contributed by atoms with E-state index in [0.717, 1.165) is 30.6 Å². The number of hydrogen-bond donors (Lipinski definition) is 2. The Balaban J connectivity index is 1.60. The lowest BCUT2D eigenvalue weighted by Gasteiger charge is -2.48. The van der Waals surface area contributed by atoms with E-state index in [1.807, 2.05) is 43.3 Å². The van der Waals surface area contributed by atoms with E-state index in [9.17, 15) is 4.79 Å². The van der Waals surface area contributed by atoms with Crippen LogP contribution in [0.2, 0.25) is 0 Å². The van der Waals surface area contributed by atoms with Gasteiger partial charge in [0.1, 0.15) is 0 Å². The van der Waals surface area contributed by atoms with Gasteiger partial charge in [-0.05, 0) is 62.9 Å². The highest BCUT2D eigenvalue weighted by atomic mass is 16.1. The molecule has 1 aliphatic carbocycles. The summed E-state index contributed by atoms with van der Waals surface area (Å²) >= 11 is 0. The highest BCUT2D eigenvalue weighted by Gasteiger charge is 2.41. The number of nitrogens with zero attached hydrogens (tertiary/aromatic N) is 1. The maximum atomic E-state index is 12.4. The van der Waals surface area contributed by atoms with E-state index in [0.29, 0.717) is 11.6 Å². The molecule has 0 bridgehead atoms. The first-order valence-electron chi connectivity index (χ1n) is 7.91. The van der Waals surface area contributed by atoms with Gasteiger partial charge in [-0.15, -0.1) is 0 Å². The molecule has 2 N–H and O–H groups in total. The fourth-order valence-corrected chi connectivity index (χ4v) is 3.44. The largest absolute Gasteiger partial charge is 0.378 e. The zero-order valence-electron chi connectivity index (χ0n) is 13.0. The highest BCUT2D eigenvalue weighted by molar-refractivity contribution is 5.94. The van der Waals surface area contributed by atoms with Crippen LogP contribution in [0.3, 0.4) is 0 Å². The average Bonchev–Trinajstić information content (AvgIpc) is 2.46. The predicted octanol–water partition coefficient (Wildman–Crippen LogP) is 2.16. The molecule has 4 nitrogen and oxygen atoms in total. The second-order valence-corrected chi connectivity index (χ2v) is 6.67. The normalized spacial score (nSPS) is 23.4. The number of rotatable bonds is 3. The molecule has 114 valence electrons. The maximum absolute atomic E-state index is 12.4. The Morgan fingerprint density at radius 3 is 2.57 bits per heavy atom. The van der Waals surface area contributed by atoms with Crippen molar-refractivity contribution in [3.05, 3.63) is 29.8 Å². The Hall–Kier alpha value is -1.55. The van der Waals surface area contributed by atoms with Crippen LogP contribution >= 0.6 is 0 Å². The van der Waals surface area contributed by atoms with Crippen LogP contribution in [-0.2, 0) is 0 Å². The van der Waals surface area contributed by atoms with Gasteiger partial charge in [-0.1, -0.05) is 0 Å². The van der Waals surface area contributed by atoms with Crippen molar-refractivity contribution in [3.8, 4) is 0 Å². The molecule has 1 saturated heterocycles. The van der Waals surface area contributed by atoms with Gasteiger partial charge in [-0.2, -0.15) is 0 Å². The monoisotopic (exact) mass is 287 g/mol. The molecule has 1 aromatic rings. The third-order valence-corrected chi connectivity index (χ3v) is 4.92. The van der Waals surface area contributed by atoms with Crippen LogP contribution in [-0.4, -0.2) is 38.1 Å². The van der Waals surface area contributed by atoms with Gasteiger partial charge >= 0.3 is 0 Å². The second-order valence-electron chi connectivity index (χ2n) is 6.67. The van der Waals surface area contributed by atoms with Crippen molar-refractivity contribution in [1.29, 1.82) is 0 Å². The fourth-order valence-electron chi connectivity index (χ4n) is 3.44.